The number of hydrogen-bond donors (Lipinski definition) is 0. The maximum atomic E-state index is 8.94. The molecule has 0 aliphatic carbocycles. The summed E-state index contributed by atoms with van der Waals surface area (Å²) in [6, 6.07) is 9.83. The third-order valence-corrected chi connectivity index (χ3v) is 2.11. The maximum Gasteiger partial charge on any atom is 0.100 e. The predicted molar refractivity (Wildman–Crippen MR) is 62.5 cm³/mol. The van der Waals surface area contributed by atoms with Crippen molar-refractivity contribution in [3.8, 4) is 6.07 Å². The molecule has 15 heavy (non-hydrogen) atoms. The molecule has 0 bridgehead atoms. The second kappa shape index (κ2) is 5.11. The van der Waals surface area contributed by atoms with Crippen LogP contribution in [0.4, 0.5) is 0 Å². The first kappa shape index (κ1) is 11.2. The molecule has 0 fully saturated rings. The van der Waals surface area contributed by atoms with Crippen LogP contribution in [0.5, 0.6) is 0 Å². The highest BCUT2D eigenvalue weighted by Gasteiger charge is 2.02. The van der Waals surface area contributed by atoms with Gasteiger partial charge in [0.2, 0.25) is 0 Å². The SMILES string of the molecule is CC.Cc1ccc2ncccc2c1C#N. The van der Waals surface area contributed by atoms with E-state index in [0.717, 1.165) is 22.0 Å². The zero-order valence-electron chi connectivity index (χ0n) is 9.28. The Bertz CT molecular complexity index is 495. The summed E-state index contributed by atoms with van der Waals surface area (Å²) < 4.78 is 0. The molecule has 0 atom stereocenters. The van der Waals surface area contributed by atoms with Gasteiger partial charge in [0.25, 0.3) is 0 Å². The molecule has 0 spiro atoms. The van der Waals surface area contributed by atoms with Gasteiger partial charge in [0.1, 0.15) is 6.07 Å². The molecule has 0 saturated heterocycles. The molecule has 76 valence electrons. The van der Waals surface area contributed by atoms with Crippen molar-refractivity contribution < 1.29 is 0 Å². The van der Waals surface area contributed by atoms with Crippen LogP contribution < -0.4 is 0 Å². The highest BCUT2D eigenvalue weighted by Crippen LogP contribution is 2.18. The molecule has 0 N–H and O–H groups in total. The Balaban J connectivity index is 0.000000531. The van der Waals surface area contributed by atoms with Crippen molar-refractivity contribution >= 4 is 10.9 Å². The summed E-state index contributed by atoms with van der Waals surface area (Å²) in [5.74, 6) is 0. The van der Waals surface area contributed by atoms with Gasteiger partial charge in [-0.1, -0.05) is 19.9 Å². The van der Waals surface area contributed by atoms with Gasteiger partial charge in [0.05, 0.1) is 11.1 Å². The molecule has 2 nitrogen and oxygen atoms in total. The molecule has 2 aromatic rings. The van der Waals surface area contributed by atoms with E-state index < -0.39 is 0 Å². The van der Waals surface area contributed by atoms with Crippen molar-refractivity contribution in [3.63, 3.8) is 0 Å². The average molecular weight is 198 g/mol. The Labute approximate surface area is 90.2 Å². The van der Waals surface area contributed by atoms with E-state index in [1.165, 1.54) is 0 Å². The third-order valence-electron chi connectivity index (χ3n) is 2.11. The van der Waals surface area contributed by atoms with Gasteiger partial charge >= 0.3 is 0 Å². The zero-order chi connectivity index (χ0) is 11.3. The molecule has 0 saturated carbocycles. The summed E-state index contributed by atoms with van der Waals surface area (Å²) >= 11 is 0. The van der Waals surface area contributed by atoms with Gasteiger partial charge in [-0.3, -0.25) is 4.98 Å². The van der Waals surface area contributed by atoms with Crippen LogP contribution in [-0.4, -0.2) is 4.98 Å². The normalized spacial score (nSPS) is 8.93. The lowest BCUT2D eigenvalue weighted by Crippen LogP contribution is -1.86. The van der Waals surface area contributed by atoms with Crippen LogP contribution in [0.3, 0.4) is 0 Å². The van der Waals surface area contributed by atoms with E-state index in [4.69, 9.17) is 5.26 Å². The van der Waals surface area contributed by atoms with Crippen LogP contribution in [0.2, 0.25) is 0 Å². The van der Waals surface area contributed by atoms with E-state index in [1.807, 2.05) is 45.0 Å². The van der Waals surface area contributed by atoms with Crippen LogP contribution in [0.25, 0.3) is 10.9 Å². The number of nitrogens with zero attached hydrogens (tertiary/aromatic N) is 2. The molecular formula is C13H14N2. The van der Waals surface area contributed by atoms with E-state index in [2.05, 4.69) is 11.1 Å². The topological polar surface area (TPSA) is 36.7 Å². The highest BCUT2D eigenvalue weighted by molar-refractivity contribution is 5.85. The summed E-state index contributed by atoms with van der Waals surface area (Å²) in [4.78, 5) is 4.18. The first-order valence-corrected chi connectivity index (χ1v) is 5.07. The fraction of sp³-hybridized carbons (Fsp3) is 0.231. The minimum absolute atomic E-state index is 0.727. The van der Waals surface area contributed by atoms with E-state index in [9.17, 15) is 0 Å². The van der Waals surface area contributed by atoms with Crippen LogP contribution in [0.1, 0.15) is 25.0 Å². The summed E-state index contributed by atoms with van der Waals surface area (Å²) in [6.07, 6.45) is 1.73. The molecule has 0 aliphatic rings. The molecule has 2 heteroatoms. The van der Waals surface area contributed by atoms with Gasteiger partial charge in [0.15, 0.2) is 0 Å². The van der Waals surface area contributed by atoms with E-state index in [1.54, 1.807) is 6.20 Å². The monoisotopic (exact) mass is 198 g/mol. The predicted octanol–water partition coefficient (Wildman–Crippen LogP) is 3.44. The van der Waals surface area contributed by atoms with Crippen LogP contribution in [0, 0.1) is 18.3 Å². The van der Waals surface area contributed by atoms with Crippen molar-refractivity contribution in [2.24, 2.45) is 0 Å². The second-order valence-corrected chi connectivity index (χ2v) is 2.94. The summed E-state index contributed by atoms with van der Waals surface area (Å²) in [5.41, 5.74) is 2.61. The Morgan fingerprint density at radius 2 is 1.93 bits per heavy atom. The molecule has 0 aliphatic heterocycles. The van der Waals surface area contributed by atoms with Crippen molar-refractivity contribution in [3.05, 3.63) is 41.6 Å². The Kier molecular flexibility index (Phi) is 3.82. The molecule has 0 amide bonds. The van der Waals surface area contributed by atoms with Crippen molar-refractivity contribution in [1.82, 2.24) is 4.98 Å². The summed E-state index contributed by atoms with van der Waals surface area (Å²) in [7, 11) is 0. The van der Waals surface area contributed by atoms with Gasteiger partial charge in [-0.15, -0.1) is 0 Å². The van der Waals surface area contributed by atoms with Gasteiger partial charge in [0, 0.05) is 11.6 Å². The fourth-order valence-electron chi connectivity index (χ4n) is 1.41. The standard InChI is InChI=1S/C11H8N2.C2H6/c1-8-4-5-11-9(10(8)7-12)3-2-6-13-11;1-2/h2-6H,1H3;1-2H3. The number of aromatic nitrogens is 1. The van der Waals surface area contributed by atoms with Gasteiger partial charge in [-0.25, -0.2) is 0 Å². The van der Waals surface area contributed by atoms with Crippen LogP contribution in [0.15, 0.2) is 30.5 Å². The molecular weight excluding hydrogens is 184 g/mol. The molecule has 1 heterocycles. The molecule has 1 aromatic heterocycles. The van der Waals surface area contributed by atoms with Crippen molar-refractivity contribution in [2.75, 3.05) is 0 Å². The summed E-state index contributed by atoms with van der Waals surface area (Å²) in [5, 5.41) is 9.87. The highest BCUT2D eigenvalue weighted by atomic mass is 14.6. The quantitative estimate of drug-likeness (QED) is 0.650. The Morgan fingerprint density at radius 3 is 2.60 bits per heavy atom. The van der Waals surface area contributed by atoms with E-state index in [-0.39, 0.29) is 0 Å². The number of nitriles is 1. The third kappa shape index (κ3) is 2.13. The van der Waals surface area contributed by atoms with Gasteiger partial charge in [-0.05, 0) is 30.7 Å². The fourth-order valence-corrected chi connectivity index (χ4v) is 1.41. The van der Waals surface area contributed by atoms with Crippen molar-refractivity contribution in [2.45, 2.75) is 20.8 Å². The Morgan fingerprint density at radius 1 is 1.20 bits per heavy atom. The molecule has 0 unspecified atom stereocenters. The van der Waals surface area contributed by atoms with Crippen LogP contribution in [-0.2, 0) is 0 Å². The van der Waals surface area contributed by atoms with E-state index >= 15 is 0 Å². The maximum absolute atomic E-state index is 8.94. The molecule has 1 aromatic carbocycles. The number of aryl methyl sites for hydroxylation is 1. The lowest BCUT2D eigenvalue weighted by Gasteiger charge is -2.01. The lowest BCUT2D eigenvalue weighted by molar-refractivity contribution is 1.37. The smallest absolute Gasteiger partial charge is 0.100 e. The average Bonchev–Trinajstić information content (AvgIpc) is 2.32. The summed E-state index contributed by atoms with van der Waals surface area (Å²) in [6.45, 7) is 5.94. The first-order valence-electron chi connectivity index (χ1n) is 5.07. The van der Waals surface area contributed by atoms with Crippen LogP contribution >= 0.6 is 0 Å². The molecule has 2 rings (SSSR count). The minimum atomic E-state index is 0.727. The Hall–Kier alpha value is -1.88. The van der Waals surface area contributed by atoms with E-state index in [0.29, 0.717) is 0 Å². The first-order chi connectivity index (χ1) is 7.33. The second-order valence-electron chi connectivity index (χ2n) is 2.94. The van der Waals surface area contributed by atoms with Crippen molar-refractivity contribution in [1.29, 1.82) is 5.26 Å². The number of pyridine rings is 1. The molecule has 0 radical (unpaired) electrons. The number of fused-ring (bicyclic) bond motifs is 1. The number of rotatable bonds is 0. The van der Waals surface area contributed by atoms with Gasteiger partial charge in [-0.2, -0.15) is 5.26 Å². The zero-order valence-corrected chi connectivity index (χ0v) is 9.28. The minimum Gasteiger partial charge on any atom is -0.256 e. The number of benzene rings is 1. The largest absolute Gasteiger partial charge is 0.256 e. The number of hydrogen-bond acceptors (Lipinski definition) is 2. The lowest BCUT2D eigenvalue weighted by atomic mass is 10.0. The van der Waals surface area contributed by atoms with Gasteiger partial charge < -0.3 is 0 Å².